The molecule has 0 amide bonds. The number of alkyl halides is 3. The first-order valence-corrected chi connectivity index (χ1v) is 10.2. The molecule has 0 spiro atoms. The molecule has 2 rings (SSSR count). The number of hydrogen-bond donors (Lipinski definition) is 2. The Balaban J connectivity index is 2.94. The maximum atomic E-state index is 15.1. The molecule has 1 aliphatic rings. The zero-order chi connectivity index (χ0) is 24.9. The van der Waals surface area contributed by atoms with Gasteiger partial charge in [0.2, 0.25) is 0 Å². The van der Waals surface area contributed by atoms with Crippen LogP contribution in [0.15, 0.2) is 34.7 Å². The summed E-state index contributed by atoms with van der Waals surface area (Å²) in [7, 11) is 1.01. The van der Waals surface area contributed by atoms with Crippen molar-refractivity contribution in [1.82, 2.24) is 5.32 Å². The van der Waals surface area contributed by atoms with Gasteiger partial charge in [0.25, 0.3) is 0 Å². The monoisotopic (exact) mass is 494 g/mol. The Hall–Kier alpha value is -2.63. The predicted molar refractivity (Wildman–Crippen MR) is 111 cm³/mol. The van der Waals surface area contributed by atoms with Gasteiger partial charge in [-0.3, -0.25) is 0 Å². The lowest BCUT2D eigenvalue weighted by molar-refractivity contribution is -0.141. The van der Waals surface area contributed by atoms with Gasteiger partial charge in [-0.2, -0.15) is 13.2 Å². The molecule has 0 radical (unpaired) electrons. The van der Waals surface area contributed by atoms with Gasteiger partial charge in [-0.25, -0.2) is 14.0 Å². The van der Waals surface area contributed by atoms with Crippen molar-refractivity contribution in [3.8, 4) is 0 Å². The van der Waals surface area contributed by atoms with Gasteiger partial charge < -0.3 is 25.3 Å². The number of nitrogens with one attached hydrogen (secondary N) is 1. The number of benzene rings is 1. The zero-order valence-corrected chi connectivity index (χ0v) is 18.8. The molecule has 0 aliphatic carbocycles. The third-order valence-corrected chi connectivity index (χ3v) is 5.08. The highest BCUT2D eigenvalue weighted by atomic mass is 35.5. The van der Waals surface area contributed by atoms with Crippen LogP contribution in [-0.4, -0.2) is 45.4 Å². The highest BCUT2D eigenvalue weighted by Gasteiger charge is 2.46. The third-order valence-electron chi connectivity index (χ3n) is 4.77. The summed E-state index contributed by atoms with van der Waals surface area (Å²) in [5.41, 5.74) is 2.06. The average Bonchev–Trinajstić information content (AvgIpc) is 2.73. The van der Waals surface area contributed by atoms with E-state index in [1.807, 2.05) is 0 Å². The second-order valence-corrected chi connectivity index (χ2v) is 7.27. The molecule has 7 nitrogen and oxygen atoms in total. The SMILES string of the molecule is CCOC(=O)C1=C(COCCN)NC(C)=C(C(=O)OC)C1c1c(F)ccc(Cl)c1C(F)(F)F. The topological polar surface area (TPSA) is 99.9 Å². The highest BCUT2D eigenvalue weighted by molar-refractivity contribution is 6.31. The molecule has 1 aromatic carbocycles. The van der Waals surface area contributed by atoms with Crippen LogP contribution in [0.2, 0.25) is 5.02 Å². The molecule has 1 aromatic rings. The summed E-state index contributed by atoms with van der Waals surface area (Å²) in [5.74, 6) is -5.30. The molecule has 0 bridgehead atoms. The molecule has 1 atom stereocenters. The molecule has 0 saturated heterocycles. The summed E-state index contributed by atoms with van der Waals surface area (Å²) in [5, 5.41) is 1.97. The van der Waals surface area contributed by atoms with Crippen molar-refractivity contribution in [3.05, 3.63) is 56.6 Å². The molecule has 3 N–H and O–H groups in total. The minimum absolute atomic E-state index is 0.00967. The lowest BCUT2D eigenvalue weighted by Gasteiger charge is -2.33. The number of nitrogens with two attached hydrogens (primary N) is 1. The Morgan fingerprint density at radius 1 is 1.21 bits per heavy atom. The van der Waals surface area contributed by atoms with Crippen molar-refractivity contribution in [1.29, 1.82) is 0 Å². The molecule has 0 saturated carbocycles. The lowest BCUT2D eigenvalue weighted by Crippen LogP contribution is -2.36. The number of methoxy groups -OCH3 is 1. The minimum atomic E-state index is -5.11. The number of allylic oxidation sites excluding steroid dienone is 1. The molecule has 0 aromatic heterocycles. The average molecular weight is 495 g/mol. The van der Waals surface area contributed by atoms with Gasteiger partial charge in [0.05, 0.1) is 60.3 Å². The number of dihydropyridines is 1. The third kappa shape index (κ3) is 5.66. The van der Waals surface area contributed by atoms with Crippen molar-refractivity contribution >= 4 is 23.5 Å². The van der Waals surface area contributed by atoms with E-state index in [2.05, 4.69) is 5.32 Å². The van der Waals surface area contributed by atoms with Crippen LogP contribution >= 0.6 is 11.6 Å². The van der Waals surface area contributed by atoms with Gasteiger partial charge >= 0.3 is 18.1 Å². The second-order valence-electron chi connectivity index (χ2n) is 6.86. The van der Waals surface area contributed by atoms with E-state index in [1.165, 1.54) is 13.8 Å². The first-order chi connectivity index (χ1) is 15.5. The van der Waals surface area contributed by atoms with Gasteiger partial charge in [-0.1, -0.05) is 11.6 Å². The Labute approximate surface area is 192 Å². The molecule has 1 aliphatic heterocycles. The first-order valence-electron chi connectivity index (χ1n) is 9.78. The van der Waals surface area contributed by atoms with E-state index in [-0.39, 0.29) is 37.8 Å². The van der Waals surface area contributed by atoms with E-state index in [0.29, 0.717) is 0 Å². The van der Waals surface area contributed by atoms with Crippen molar-refractivity contribution in [2.45, 2.75) is 25.9 Å². The highest BCUT2D eigenvalue weighted by Crippen LogP contribution is 2.47. The lowest BCUT2D eigenvalue weighted by atomic mass is 9.78. The normalized spacial score (nSPS) is 16.6. The van der Waals surface area contributed by atoms with Gasteiger partial charge in [0, 0.05) is 17.8 Å². The number of carbonyl (C=O) groups is 2. The number of esters is 2. The van der Waals surface area contributed by atoms with Crippen LogP contribution < -0.4 is 11.1 Å². The molecule has 33 heavy (non-hydrogen) atoms. The smallest absolute Gasteiger partial charge is 0.418 e. The predicted octanol–water partition coefficient (Wildman–Crippen LogP) is 3.42. The van der Waals surface area contributed by atoms with Crippen LogP contribution in [0.3, 0.4) is 0 Å². The Morgan fingerprint density at radius 2 is 1.88 bits per heavy atom. The van der Waals surface area contributed by atoms with Crippen LogP contribution in [0.1, 0.15) is 30.9 Å². The Kier molecular flexibility index (Phi) is 8.87. The maximum Gasteiger partial charge on any atom is 0.418 e. The Morgan fingerprint density at radius 3 is 2.42 bits per heavy atom. The number of ether oxygens (including phenoxy) is 3. The minimum Gasteiger partial charge on any atom is -0.466 e. The van der Waals surface area contributed by atoms with Crippen LogP contribution in [0.25, 0.3) is 0 Å². The van der Waals surface area contributed by atoms with Gasteiger partial charge in [0.15, 0.2) is 0 Å². The van der Waals surface area contributed by atoms with E-state index in [9.17, 15) is 22.8 Å². The number of rotatable bonds is 8. The Bertz CT molecular complexity index is 992. The summed E-state index contributed by atoms with van der Waals surface area (Å²) in [6, 6.07) is 1.48. The quantitative estimate of drug-likeness (QED) is 0.324. The van der Waals surface area contributed by atoms with Gasteiger partial charge in [0.1, 0.15) is 5.82 Å². The van der Waals surface area contributed by atoms with E-state index in [0.717, 1.165) is 19.2 Å². The molecular weight excluding hydrogens is 472 g/mol. The summed E-state index contributed by atoms with van der Waals surface area (Å²) in [6.07, 6.45) is -5.11. The van der Waals surface area contributed by atoms with E-state index in [4.69, 9.17) is 31.5 Å². The fourth-order valence-electron chi connectivity index (χ4n) is 3.52. The summed E-state index contributed by atoms with van der Waals surface area (Å²) in [4.78, 5) is 25.6. The van der Waals surface area contributed by atoms with E-state index < -0.39 is 57.1 Å². The summed E-state index contributed by atoms with van der Waals surface area (Å²) in [6.45, 7) is 2.63. The maximum absolute atomic E-state index is 15.1. The molecule has 0 fully saturated rings. The molecular formula is C21H23ClF4N2O5. The molecule has 1 heterocycles. The fraction of sp³-hybridized carbons (Fsp3) is 0.429. The van der Waals surface area contributed by atoms with Crippen molar-refractivity contribution in [2.24, 2.45) is 5.73 Å². The van der Waals surface area contributed by atoms with Crippen molar-refractivity contribution in [2.75, 3.05) is 33.5 Å². The van der Waals surface area contributed by atoms with Gasteiger partial charge in [-0.05, 0) is 26.0 Å². The van der Waals surface area contributed by atoms with Crippen LogP contribution in [-0.2, 0) is 30.0 Å². The number of halogens is 5. The van der Waals surface area contributed by atoms with Crippen molar-refractivity contribution in [3.63, 3.8) is 0 Å². The van der Waals surface area contributed by atoms with E-state index >= 15 is 4.39 Å². The number of carbonyl (C=O) groups excluding carboxylic acids is 2. The summed E-state index contributed by atoms with van der Waals surface area (Å²) < 4.78 is 72.2. The van der Waals surface area contributed by atoms with Crippen LogP contribution in [0.4, 0.5) is 17.6 Å². The van der Waals surface area contributed by atoms with Crippen molar-refractivity contribution < 1.29 is 41.4 Å². The van der Waals surface area contributed by atoms with E-state index in [1.54, 1.807) is 0 Å². The standard InChI is InChI=1S/C21H23ClF4N2O5/c1-4-33-20(30)16-13(9-32-8-7-27)28-10(2)14(19(29)31-3)17(16)15-12(23)6-5-11(22)18(15)21(24,25)26/h5-6,17,28H,4,7-9,27H2,1-3H3. The van der Waals surface area contributed by atoms with Crippen LogP contribution in [0, 0.1) is 5.82 Å². The molecule has 12 heteroatoms. The first kappa shape index (κ1) is 26.6. The summed E-state index contributed by atoms with van der Waals surface area (Å²) >= 11 is 5.82. The van der Waals surface area contributed by atoms with Gasteiger partial charge in [-0.15, -0.1) is 0 Å². The zero-order valence-electron chi connectivity index (χ0n) is 18.1. The molecule has 182 valence electrons. The second kappa shape index (κ2) is 11.0. The fourth-order valence-corrected chi connectivity index (χ4v) is 3.80. The van der Waals surface area contributed by atoms with Crippen LogP contribution in [0.5, 0.6) is 0 Å². The largest absolute Gasteiger partial charge is 0.466 e. The molecule has 1 unspecified atom stereocenters. The number of hydrogen-bond acceptors (Lipinski definition) is 7.